The molecular formula is C77H75KN6O20. The summed E-state index contributed by atoms with van der Waals surface area (Å²) in [7, 11) is 0. The van der Waals surface area contributed by atoms with Crippen molar-refractivity contribution in [2.75, 3.05) is 108 Å². The summed E-state index contributed by atoms with van der Waals surface area (Å²) in [6, 6.07) is 50.2. The van der Waals surface area contributed by atoms with E-state index in [9.17, 15) is 9.90 Å². The SMILES string of the molecule is O=C([O-])c1cc(OCOCOCOCCc2ccc(C#Cc3ccc(C#Cc4ccc(OCOCOCOCCn5cc(CO)nn5)cc4)cc3)cc2)cc(OCOCOCOCCc2ccc(C#Cc3ccc(C#Cc4ccc(OCOCOCOCCn5cc(CO)nn5)cc4)cc3)cc2)c1.[K+]. The van der Waals surface area contributed by atoms with Gasteiger partial charge in [-0.25, -0.2) is 9.36 Å². The minimum Gasteiger partial charge on any atom is -0.545 e. The number of aromatic nitrogens is 6. The van der Waals surface area contributed by atoms with E-state index in [1.54, 1.807) is 21.8 Å². The minimum atomic E-state index is -1.42. The van der Waals surface area contributed by atoms with Crippen molar-refractivity contribution in [1.29, 1.82) is 0 Å². The van der Waals surface area contributed by atoms with Crippen molar-refractivity contribution in [3.63, 3.8) is 0 Å². The quantitative estimate of drug-likeness (QED) is 0.0237. The van der Waals surface area contributed by atoms with Crippen molar-refractivity contribution in [3.05, 3.63) is 249 Å². The summed E-state index contributed by atoms with van der Waals surface area (Å²) in [4.78, 5) is 11.7. The fraction of sp³-hybridized carbons (Fsp3) is 0.286. The van der Waals surface area contributed by atoms with Gasteiger partial charge in [-0.1, -0.05) is 82.1 Å². The average Bonchev–Trinajstić information content (AvgIpc) is 0.978. The summed E-state index contributed by atoms with van der Waals surface area (Å²) < 4.78 is 90.3. The van der Waals surface area contributed by atoms with Crippen LogP contribution in [0, 0.1) is 47.4 Å². The van der Waals surface area contributed by atoms with Gasteiger partial charge in [-0.15, -0.1) is 10.2 Å². The molecule has 0 amide bonds. The van der Waals surface area contributed by atoms with Crippen LogP contribution in [0.4, 0.5) is 0 Å². The van der Waals surface area contributed by atoms with Crippen LogP contribution >= 0.6 is 0 Å². The second-order valence-electron chi connectivity index (χ2n) is 21.6. The molecule has 0 aliphatic heterocycles. The molecule has 9 rings (SSSR count). The Hall–Kier alpha value is -9.19. The van der Waals surface area contributed by atoms with E-state index in [1.165, 1.54) is 18.2 Å². The van der Waals surface area contributed by atoms with Crippen LogP contribution in [-0.4, -0.2) is 154 Å². The smallest absolute Gasteiger partial charge is 0.545 e. The van der Waals surface area contributed by atoms with Gasteiger partial charge in [-0.3, -0.25) is 0 Å². The molecule has 2 heterocycles. The number of ether oxygens (including phenoxy) is 16. The number of carboxylic acid groups (broad SMARTS) is 1. The summed E-state index contributed by atoms with van der Waals surface area (Å²) in [5, 5.41) is 45.2. The van der Waals surface area contributed by atoms with Gasteiger partial charge in [0.2, 0.25) is 0 Å². The van der Waals surface area contributed by atoms with Crippen LogP contribution in [0.1, 0.15) is 77.4 Å². The molecule has 9 aromatic rings. The molecule has 0 bridgehead atoms. The second kappa shape index (κ2) is 48.0. The molecule has 0 aliphatic carbocycles. The maximum absolute atomic E-state index is 11.7. The number of hydrogen-bond donors (Lipinski definition) is 2. The molecule has 0 atom stereocenters. The van der Waals surface area contributed by atoms with Crippen LogP contribution in [0.5, 0.6) is 23.0 Å². The summed E-state index contributed by atoms with van der Waals surface area (Å²) in [5.74, 6) is 25.7. The van der Waals surface area contributed by atoms with Crippen LogP contribution in [-0.2, 0) is 96.0 Å². The number of carboxylic acids is 1. The number of aliphatic hydroxyl groups excluding tert-OH is 2. The second-order valence-corrected chi connectivity index (χ2v) is 21.6. The number of hydrogen-bond acceptors (Lipinski definition) is 24. The monoisotopic (exact) mass is 1440 g/mol. The number of nitrogens with zero attached hydrogens (tertiary/aromatic N) is 6. The van der Waals surface area contributed by atoms with E-state index in [2.05, 4.69) is 68.0 Å². The van der Waals surface area contributed by atoms with Gasteiger partial charge in [0, 0.05) is 56.1 Å². The Morgan fingerprint density at radius 3 is 0.885 bits per heavy atom. The van der Waals surface area contributed by atoms with Gasteiger partial charge in [0.1, 0.15) is 61.6 Å². The van der Waals surface area contributed by atoms with Gasteiger partial charge in [0.05, 0.1) is 71.1 Å². The van der Waals surface area contributed by atoms with Gasteiger partial charge in [0.15, 0.2) is 54.3 Å². The molecule has 0 spiro atoms. The molecule has 0 fully saturated rings. The van der Waals surface area contributed by atoms with E-state index in [0.29, 0.717) is 75.2 Å². The largest absolute Gasteiger partial charge is 1.00 e. The first kappa shape index (κ1) is 80.5. The maximum Gasteiger partial charge on any atom is 1.00 e. The normalized spacial score (nSPS) is 10.6. The molecule has 7 aromatic carbocycles. The van der Waals surface area contributed by atoms with Gasteiger partial charge < -0.3 is 95.9 Å². The summed E-state index contributed by atoms with van der Waals surface area (Å²) in [6.07, 6.45) is 4.61. The summed E-state index contributed by atoms with van der Waals surface area (Å²) in [5.41, 5.74) is 9.82. The van der Waals surface area contributed by atoms with Crippen LogP contribution in [0.25, 0.3) is 0 Å². The number of aromatic carboxylic acids is 1. The third-order valence-corrected chi connectivity index (χ3v) is 14.0. The average molecular weight is 1440 g/mol. The fourth-order valence-electron chi connectivity index (χ4n) is 8.64. The fourth-order valence-corrected chi connectivity index (χ4v) is 8.64. The first-order valence-corrected chi connectivity index (χ1v) is 32.2. The zero-order chi connectivity index (χ0) is 71.4. The van der Waals surface area contributed by atoms with E-state index in [0.717, 1.165) is 55.6 Å². The van der Waals surface area contributed by atoms with Crippen LogP contribution < -0.4 is 75.4 Å². The Morgan fingerprint density at radius 1 is 0.337 bits per heavy atom. The summed E-state index contributed by atoms with van der Waals surface area (Å²) >= 11 is 0. The topological polar surface area (TPSA) is 290 Å². The summed E-state index contributed by atoms with van der Waals surface area (Å²) in [6.45, 7) is 1.54. The zero-order valence-electron chi connectivity index (χ0n) is 57.2. The van der Waals surface area contributed by atoms with E-state index in [4.69, 9.17) is 86.0 Å². The molecule has 0 unspecified atom stereocenters. The molecule has 2 aromatic heterocycles. The maximum atomic E-state index is 11.7. The Labute approximate surface area is 644 Å². The van der Waals surface area contributed by atoms with Crippen molar-refractivity contribution in [2.45, 2.75) is 39.1 Å². The molecule has 0 aliphatic rings. The van der Waals surface area contributed by atoms with Crippen molar-refractivity contribution < 1.29 is 147 Å². The van der Waals surface area contributed by atoms with Gasteiger partial charge in [-0.05, 0) is 157 Å². The Kier molecular flexibility index (Phi) is 37.1. The third kappa shape index (κ3) is 31.8. The van der Waals surface area contributed by atoms with Crippen molar-refractivity contribution in [1.82, 2.24) is 30.0 Å². The minimum absolute atomic E-state index is 0. The molecule has 0 saturated heterocycles. The number of benzene rings is 7. The predicted octanol–water partition coefficient (Wildman–Crippen LogP) is 3.91. The van der Waals surface area contributed by atoms with Crippen molar-refractivity contribution >= 4 is 5.97 Å². The molecule has 26 nitrogen and oxygen atoms in total. The van der Waals surface area contributed by atoms with Crippen LogP contribution in [0.15, 0.2) is 176 Å². The van der Waals surface area contributed by atoms with Gasteiger partial charge in [-0.2, -0.15) is 0 Å². The molecule has 27 heteroatoms. The first-order valence-electron chi connectivity index (χ1n) is 32.2. The number of aliphatic hydroxyl groups is 2. The Morgan fingerprint density at radius 2 is 0.596 bits per heavy atom. The number of carbonyl (C=O) groups excluding carboxylic acids is 1. The van der Waals surface area contributed by atoms with Gasteiger partial charge in [0.25, 0.3) is 0 Å². The third-order valence-electron chi connectivity index (χ3n) is 14.0. The molecule has 534 valence electrons. The molecular weight excluding hydrogens is 1370 g/mol. The van der Waals surface area contributed by atoms with E-state index in [1.807, 2.05) is 146 Å². The zero-order valence-corrected chi connectivity index (χ0v) is 60.3. The molecule has 2 N–H and O–H groups in total. The van der Waals surface area contributed by atoms with Crippen molar-refractivity contribution in [3.8, 4) is 70.4 Å². The van der Waals surface area contributed by atoms with Crippen LogP contribution in [0.3, 0.4) is 0 Å². The van der Waals surface area contributed by atoms with Crippen LogP contribution in [0.2, 0.25) is 0 Å². The Bertz CT molecular complexity index is 3970. The van der Waals surface area contributed by atoms with Crippen molar-refractivity contribution in [2.24, 2.45) is 0 Å². The molecule has 104 heavy (non-hydrogen) atoms. The standard InChI is InChI=1S/C77H76N6O20.K/c84-46-71-44-82(80-78-71)35-39-90-50-94-54-96-56-100-73-29-25-66(26-30-73)15-13-62-5-1-60(2-6-62)9-11-64-17-21-68(22-18-64)33-37-88-48-92-52-98-58-102-75-41-70(77(86)87)42-76(43-75)103-59-99-53-93-49-89-38-34-69-23-19-65(20-24-69)12-10-61-3-7-63(8-4-61)14-16-67-27-31-74(32-28-67)101-57-97-55-95-51-91-40-36-83-45-72(47-85)79-81-83;/h1-8,17-32,41-45,84-85H,33-40,46-59H2,(H,86,87);/q;+1/p-1. The van der Waals surface area contributed by atoms with Gasteiger partial charge >= 0.3 is 51.4 Å². The molecule has 0 radical (unpaired) electrons. The Balaban J connectivity index is 0.0000137. The number of rotatable bonds is 43. The first-order chi connectivity index (χ1) is 50.8. The predicted molar refractivity (Wildman–Crippen MR) is 366 cm³/mol. The van der Waals surface area contributed by atoms with E-state index in [-0.39, 0.29) is 163 Å². The van der Waals surface area contributed by atoms with E-state index >= 15 is 0 Å². The van der Waals surface area contributed by atoms with E-state index < -0.39 is 5.97 Å². The molecule has 0 saturated carbocycles. The number of carbonyl (C=O) groups is 1.